The van der Waals surface area contributed by atoms with Gasteiger partial charge in [0.25, 0.3) is 11.5 Å². The van der Waals surface area contributed by atoms with Crippen LogP contribution >= 0.6 is 0 Å². The number of nitrogens with zero attached hydrogens (tertiary/aromatic N) is 4. The van der Waals surface area contributed by atoms with Crippen LogP contribution in [0, 0.1) is 0 Å². The van der Waals surface area contributed by atoms with Crippen molar-refractivity contribution < 1.29 is 4.79 Å². The lowest BCUT2D eigenvalue weighted by molar-refractivity contribution is 0.0499. The van der Waals surface area contributed by atoms with E-state index in [0.29, 0.717) is 37.3 Å². The molecule has 1 aromatic carbocycles. The van der Waals surface area contributed by atoms with Gasteiger partial charge in [0.2, 0.25) is 0 Å². The van der Waals surface area contributed by atoms with Gasteiger partial charge in [-0.05, 0) is 37.9 Å². The van der Waals surface area contributed by atoms with Crippen molar-refractivity contribution in [3.63, 3.8) is 0 Å². The summed E-state index contributed by atoms with van der Waals surface area (Å²) in [4.78, 5) is 50.8. The van der Waals surface area contributed by atoms with Gasteiger partial charge in [0, 0.05) is 37.8 Å². The highest BCUT2D eigenvalue weighted by Gasteiger charge is 2.34. The van der Waals surface area contributed by atoms with Gasteiger partial charge in [-0.3, -0.25) is 19.1 Å². The van der Waals surface area contributed by atoms with Gasteiger partial charge >= 0.3 is 5.69 Å². The van der Waals surface area contributed by atoms with Gasteiger partial charge in [-0.25, -0.2) is 9.78 Å². The summed E-state index contributed by atoms with van der Waals surface area (Å²) in [6.45, 7) is 4.43. The summed E-state index contributed by atoms with van der Waals surface area (Å²) < 4.78 is 1.50. The second-order valence-electron chi connectivity index (χ2n) is 9.17. The Labute approximate surface area is 191 Å². The number of H-pyrrole nitrogens is 1. The number of hydrogen-bond donors (Lipinski definition) is 1. The number of carbonyl (C=O) groups is 1. The van der Waals surface area contributed by atoms with Gasteiger partial charge in [0.15, 0.2) is 5.65 Å². The Kier molecular flexibility index (Phi) is 5.62. The Balaban J connectivity index is 1.68. The van der Waals surface area contributed by atoms with E-state index < -0.39 is 11.2 Å². The van der Waals surface area contributed by atoms with Crippen LogP contribution in [0.15, 0.2) is 46.0 Å². The molecule has 2 fully saturated rings. The zero-order chi connectivity index (χ0) is 23.1. The van der Waals surface area contributed by atoms with Crippen LogP contribution in [0.1, 0.15) is 59.8 Å². The summed E-state index contributed by atoms with van der Waals surface area (Å²) in [6, 6.07) is 11.7. The number of likely N-dealkylation sites (N-methyl/N-ethyl adjacent to an activating group) is 1. The minimum atomic E-state index is -0.550. The number of benzene rings is 1. The average molecular weight is 448 g/mol. The second-order valence-corrected chi connectivity index (χ2v) is 9.17. The molecule has 8 heteroatoms. The quantitative estimate of drug-likeness (QED) is 0.649. The molecule has 1 saturated heterocycles. The lowest BCUT2D eigenvalue weighted by Crippen LogP contribution is -2.49. The lowest BCUT2D eigenvalue weighted by atomic mass is 10.00. The van der Waals surface area contributed by atoms with Crippen LogP contribution in [0.2, 0.25) is 0 Å². The number of fused-ring (bicyclic) bond motifs is 1. The van der Waals surface area contributed by atoms with Crippen LogP contribution in [0.3, 0.4) is 0 Å². The molecule has 3 heterocycles. The summed E-state index contributed by atoms with van der Waals surface area (Å²) in [5, 5.41) is 0.211. The predicted octanol–water partition coefficient (Wildman–Crippen LogP) is 2.50. The van der Waals surface area contributed by atoms with E-state index in [1.165, 1.54) is 4.57 Å². The van der Waals surface area contributed by atoms with Crippen LogP contribution in [-0.4, -0.2) is 56.9 Å². The molecule has 0 bridgehead atoms. The highest BCUT2D eigenvalue weighted by atomic mass is 16.2. The highest BCUT2D eigenvalue weighted by molar-refractivity contribution is 6.05. The fourth-order valence-electron chi connectivity index (χ4n) is 4.76. The van der Waals surface area contributed by atoms with Gasteiger partial charge < -0.3 is 9.80 Å². The number of hydrogen-bond acceptors (Lipinski definition) is 5. The summed E-state index contributed by atoms with van der Waals surface area (Å²) in [7, 11) is 2.05. The normalized spacial score (nSPS) is 19.2. The second kappa shape index (κ2) is 8.59. The Bertz CT molecular complexity index is 1310. The Morgan fingerprint density at radius 2 is 1.91 bits per heavy atom. The molecule has 1 atom stereocenters. The van der Waals surface area contributed by atoms with Crippen LogP contribution in [0.4, 0.5) is 0 Å². The van der Waals surface area contributed by atoms with Crippen molar-refractivity contribution in [1.82, 2.24) is 24.3 Å². The fourth-order valence-corrected chi connectivity index (χ4v) is 4.76. The molecule has 2 aromatic heterocycles. The summed E-state index contributed by atoms with van der Waals surface area (Å²) in [6.07, 6.45) is 2.73. The molecule has 172 valence electrons. The van der Waals surface area contributed by atoms with Gasteiger partial charge in [-0.2, -0.15) is 0 Å². The lowest BCUT2D eigenvalue weighted by Gasteiger charge is -2.40. The molecular formula is C25H29N5O3. The molecule has 1 aliphatic carbocycles. The van der Waals surface area contributed by atoms with E-state index in [1.807, 2.05) is 42.2 Å². The van der Waals surface area contributed by atoms with Crippen LogP contribution in [-0.2, 0) is 6.54 Å². The minimum absolute atomic E-state index is 0.120. The molecular weight excluding hydrogens is 418 g/mol. The predicted molar refractivity (Wildman–Crippen MR) is 127 cm³/mol. The number of aromatic nitrogens is 3. The largest absolute Gasteiger partial charge is 0.329 e. The maximum Gasteiger partial charge on any atom is 0.329 e. The highest BCUT2D eigenvalue weighted by Crippen LogP contribution is 2.40. The average Bonchev–Trinajstić information content (AvgIpc) is 3.66. The van der Waals surface area contributed by atoms with Crippen molar-refractivity contribution in [3.05, 3.63) is 74.1 Å². The topological polar surface area (TPSA) is 91.3 Å². The molecule has 1 aliphatic heterocycles. The Morgan fingerprint density at radius 1 is 1.15 bits per heavy atom. The molecule has 1 unspecified atom stereocenters. The number of aryl methyl sites for hydroxylation is 1. The summed E-state index contributed by atoms with van der Waals surface area (Å²) in [5.74, 6) is 0.0984. The van der Waals surface area contributed by atoms with E-state index in [9.17, 15) is 14.4 Å². The van der Waals surface area contributed by atoms with Crippen molar-refractivity contribution in [3.8, 4) is 0 Å². The van der Waals surface area contributed by atoms with Crippen LogP contribution in [0.25, 0.3) is 11.0 Å². The molecule has 1 N–H and O–H groups in total. The zero-order valence-corrected chi connectivity index (χ0v) is 19.1. The first-order chi connectivity index (χ1) is 16.0. The molecule has 1 amide bonds. The number of piperazine rings is 1. The van der Waals surface area contributed by atoms with Gasteiger partial charge in [-0.1, -0.05) is 37.3 Å². The van der Waals surface area contributed by atoms with Gasteiger partial charge in [-0.15, -0.1) is 0 Å². The van der Waals surface area contributed by atoms with Crippen molar-refractivity contribution in [1.29, 1.82) is 0 Å². The summed E-state index contributed by atoms with van der Waals surface area (Å²) >= 11 is 0. The number of nitrogens with one attached hydrogen (secondary N) is 1. The summed E-state index contributed by atoms with van der Waals surface area (Å²) in [5.41, 5.74) is 1.50. The zero-order valence-electron chi connectivity index (χ0n) is 19.1. The third-order valence-corrected chi connectivity index (χ3v) is 6.67. The smallest absolute Gasteiger partial charge is 0.329 e. The molecule has 0 radical (unpaired) electrons. The third kappa shape index (κ3) is 3.99. The monoisotopic (exact) mass is 447 g/mol. The van der Waals surface area contributed by atoms with Crippen molar-refractivity contribution in [2.45, 2.75) is 44.7 Å². The van der Waals surface area contributed by atoms with Crippen LogP contribution in [0.5, 0.6) is 0 Å². The molecule has 0 spiro atoms. The van der Waals surface area contributed by atoms with E-state index in [1.54, 1.807) is 6.07 Å². The van der Waals surface area contributed by atoms with E-state index in [0.717, 1.165) is 30.6 Å². The van der Waals surface area contributed by atoms with E-state index in [-0.39, 0.29) is 23.3 Å². The Hall–Kier alpha value is -3.26. The van der Waals surface area contributed by atoms with Crippen molar-refractivity contribution in [2.24, 2.45) is 0 Å². The van der Waals surface area contributed by atoms with E-state index >= 15 is 0 Å². The maximum atomic E-state index is 14.0. The standard InChI is InChI=1S/C25H29N5O3/c1-3-11-30-22-21(23(31)27-25(30)33)18(14-19(26-22)16-9-10-16)24(32)29-13-12-28(2)15-20(29)17-7-5-4-6-8-17/h4-8,14,16,20H,3,9-13,15H2,1-2H3,(H,27,31,33). The number of carbonyl (C=O) groups excluding carboxylic acids is 1. The van der Waals surface area contributed by atoms with Crippen molar-refractivity contribution in [2.75, 3.05) is 26.7 Å². The van der Waals surface area contributed by atoms with Gasteiger partial charge in [0.05, 0.1) is 17.0 Å². The van der Waals surface area contributed by atoms with Crippen molar-refractivity contribution >= 4 is 16.9 Å². The first-order valence-corrected chi connectivity index (χ1v) is 11.7. The maximum absolute atomic E-state index is 14.0. The molecule has 8 nitrogen and oxygen atoms in total. The number of amides is 1. The number of pyridine rings is 1. The first kappa shape index (κ1) is 21.6. The van der Waals surface area contributed by atoms with Gasteiger partial charge in [0.1, 0.15) is 0 Å². The SMILES string of the molecule is CCCn1c(=O)[nH]c(=O)c2c(C(=O)N3CCN(C)CC3c3ccccc3)cc(C3CC3)nc21. The molecule has 1 saturated carbocycles. The van der Waals surface area contributed by atoms with Crippen LogP contribution < -0.4 is 11.2 Å². The first-order valence-electron chi connectivity index (χ1n) is 11.7. The Morgan fingerprint density at radius 3 is 2.61 bits per heavy atom. The minimum Gasteiger partial charge on any atom is -0.329 e. The molecule has 5 rings (SSSR count). The van der Waals surface area contributed by atoms with E-state index in [4.69, 9.17) is 4.98 Å². The number of aromatic amines is 1. The third-order valence-electron chi connectivity index (χ3n) is 6.67. The molecule has 2 aliphatic rings. The number of rotatable bonds is 5. The fraction of sp³-hybridized carbons (Fsp3) is 0.440. The molecule has 3 aromatic rings. The van der Waals surface area contributed by atoms with E-state index in [2.05, 4.69) is 16.9 Å². The molecule has 33 heavy (non-hydrogen) atoms.